The van der Waals surface area contributed by atoms with Gasteiger partial charge in [-0.15, -0.1) is 0 Å². The second-order valence-corrected chi connectivity index (χ2v) is 5.64. The van der Waals surface area contributed by atoms with Crippen LogP contribution in [0.2, 0.25) is 0 Å². The summed E-state index contributed by atoms with van der Waals surface area (Å²) in [5.41, 5.74) is 0. The van der Waals surface area contributed by atoms with Crippen LogP contribution in [0.4, 0.5) is 0 Å². The Morgan fingerprint density at radius 2 is 1.06 bits per heavy atom. The zero-order chi connectivity index (χ0) is 13.6. The number of ether oxygens (including phenoxy) is 4. The maximum absolute atomic E-state index is 9.35. The van der Waals surface area contributed by atoms with Crippen LogP contribution in [0.1, 0.15) is 27.7 Å². The fourth-order valence-electron chi connectivity index (χ4n) is 2.57. The quantitative estimate of drug-likeness (QED) is 0.746. The van der Waals surface area contributed by atoms with Gasteiger partial charge in [-0.2, -0.15) is 0 Å². The Bertz CT molecular complexity index is 273. The molecule has 6 nitrogen and oxygen atoms in total. The lowest BCUT2D eigenvalue weighted by Crippen LogP contribution is -2.44. The van der Waals surface area contributed by atoms with Crippen LogP contribution in [0.15, 0.2) is 0 Å². The van der Waals surface area contributed by atoms with Gasteiger partial charge in [0.05, 0.1) is 13.2 Å². The monoisotopic (exact) mass is 262 g/mol. The zero-order valence-electron chi connectivity index (χ0n) is 11.3. The summed E-state index contributed by atoms with van der Waals surface area (Å²) in [4.78, 5) is 0. The Kier molecular flexibility index (Phi) is 3.70. The molecule has 0 aromatic heterocycles. The minimum Gasteiger partial charge on any atom is -0.394 e. The molecule has 0 unspecified atom stereocenters. The van der Waals surface area contributed by atoms with Crippen molar-refractivity contribution in [1.29, 1.82) is 0 Å². The number of aliphatic hydroxyl groups is 2. The first-order valence-corrected chi connectivity index (χ1v) is 6.21. The highest BCUT2D eigenvalue weighted by Crippen LogP contribution is 2.38. The fourth-order valence-corrected chi connectivity index (χ4v) is 2.57. The standard InChI is InChI=1S/C12H22O6/c1-11(2)15-7(5-13)9(17-11)10-8(6-14)16-12(3,4)18-10/h7-10,13-14H,5-6H2,1-4H3/t7-,8-,9+,10+/m1/s1. The van der Waals surface area contributed by atoms with Crippen LogP contribution in [-0.4, -0.2) is 59.4 Å². The van der Waals surface area contributed by atoms with Gasteiger partial charge in [0.15, 0.2) is 11.6 Å². The van der Waals surface area contributed by atoms with Crippen LogP contribution in [0.25, 0.3) is 0 Å². The Morgan fingerprint density at radius 3 is 1.33 bits per heavy atom. The lowest BCUT2D eigenvalue weighted by molar-refractivity contribution is -0.175. The molecule has 0 radical (unpaired) electrons. The van der Waals surface area contributed by atoms with Gasteiger partial charge >= 0.3 is 0 Å². The molecular weight excluding hydrogens is 240 g/mol. The van der Waals surface area contributed by atoms with Crippen LogP contribution in [-0.2, 0) is 18.9 Å². The lowest BCUT2D eigenvalue weighted by atomic mass is 10.0. The van der Waals surface area contributed by atoms with E-state index < -0.39 is 36.0 Å². The predicted octanol–water partition coefficient (Wildman–Crippen LogP) is 0.0112. The van der Waals surface area contributed by atoms with Gasteiger partial charge in [0.2, 0.25) is 0 Å². The van der Waals surface area contributed by atoms with Gasteiger partial charge in [0.1, 0.15) is 24.4 Å². The van der Waals surface area contributed by atoms with Crippen LogP contribution >= 0.6 is 0 Å². The van der Waals surface area contributed by atoms with E-state index in [1.807, 2.05) is 0 Å². The molecular formula is C12H22O6. The molecule has 0 aromatic rings. The summed E-state index contributed by atoms with van der Waals surface area (Å²) in [6, 6.07) is 0. The molecule has 2 aliphatic rings. The summed E-state index contributed by atoms with van der Waals surface area (Å²) < 4.78 is 22.7. The van der Waals surface area contributed by atoms with Gasteiger partial charge < -0.3 is 29.2 Å². The highest BCUT2D eigenvalue weighted by molar-refractivity contribution is 4.94. The molecule has 0 amide bonds. The number of rotatable bonds is 3. The molecule has 106 valence electrons. The Morgan fingerprint density at radius 1 is 0.722 bits per heavy atom. The van der Waals surface area contributed by atoms with Gasteiger partial charge in [-0.05, 0) is 27.7 Å². The first kappa shape index (κ1) is 14.2. The van der Waals surface area contributed by atoms with Crippen molar-refractivity contribution in [2.75, 3.05) is 13.2 Å². The molecule has 0 aliphatic carbocycles. The Balaban J connectivity index is 2.15. The average molecular weight is 262 g/mol. The first-order valence-electron chi connectivity index (χ1n) is 6.21. The summed E-state index contributed by atoms with van der Waals surface area (Å²) in [5.74, 6) is -1.54. The van der Waals surface area contributed by atoms with Crippen LogP contribution in [0, 0.1) is 0 Å². The van der Waals surface area contributed by atoms with Crippen LogP contribution in [0.5, 0.6) is 0 Å². The van der Waals surface area contributed by atoms with Crippen molar-refractivity contribution >= 4 is 0 Å². The molecule has 2 aliphatic heterocycles. The second kappa shape index (κ2) is 4.70. The molecule has 0 spiro atoms. The summed E-state index contributed by atoms with van der Waals surface area (Å²) in [6.45, 7) is 6.81. The normalized spacial score (nSPS) is 42.3. The topological polar surface area (TPSA) is 77.4 Å². The van der Waals surface area contributed by atoms with Crippen molar-refractivity contribution in [2.24, 2.45) is 0 Å². The van der Waals surface area contributed by atoms with E-state index in [4.69, 9.17) is 18.9 Å². The molecule has 18 heavy (non-hydrogen) atoms. The van der Waals surface area contributed by atoms with Gasteiger partial charge in [0, 0.05) is 0 Å². The van der Waals surface area contributed by atoms with E-state index in [1.165, 1.54) is 0 Å². The molecule has 0 aromatic carbocycles. The second-order valence-electron chi connectivity index (χ2n) is 5.64. The van der Waals surface area contributed by atoms with E-state index in [0.29, 0.717) is 0 Å². The van der Waals surface area contributed by atoms with E-state index in [-0.39, 0.29) is 13.2 Å². The van der Waals surface area contributed by atoms with Crippen LogP contribution < -0.4 is 0 Å². The SMILES string of the molecule is CC1(C)O[C@H]([C@H]2OC(C)(C)O[C@@H]2CO)[C@@H](CO)O1. The molecule has 2 saturated heterocycles. The van der Waals surface area contributed by atoms with Gasteiger partial charge in [0.25, 0.3) is 0 Å². The van der Waals surface area contributed by atoms with Crippen molar-refractivity contribution in [1.82, 2.24) is 0 Å². The molecule has 2 rings (SSSR count). The van der Waals surface area contributed by atoms with E-state index in [0.717, 1.165) is 0 Å². The summed E-state index contributed by atoms with van der Waals surface area (Å²) in [5, 5.41) is 18.7. The van der Waals surface area contributed by atoms with Crippen molar-refractivity contribution in [3.63, 3.8) is 0 Å². The molecule has 0 saturated carbocycles. The predicted molar refractivity (Wildman–Crippen MR) is 61.8 cm³/mol. The Hall–Kier alpha value is -0.240. The average Bonchev–Trinajstić information content (AvgIpc) is 2.74. The third-order valence-electron chi connectivity index (χ3n) is 3.13. The molecule has 2 N–H and O–H groups in total. The van der Waals surface area contributed by atoms with Gasteiger partial charge in [-0.1, -0.05) is 0 Å². The summed E-state index contributed by atoms with van der Waals surface area (Å²) >= 11 is 0. The van der Waals surface area contributed by atoms with E-state index in [2.05, 4.69) is 0 Å². The van der Waals surface area contributed by atoms with Crippen molar-refractivity contribution in [3.05, 3.63) is 0 Å². The van der Waals surface area contributed by atoms with E-state index in [1.54, 1.807) is 27.7 Å². The van der Waals surface area contributed by atoms with Crippen molar-refractivity contribution < 1.29 is 29.2 Å². The molecule has 6 heteroatoms. The van der Waals surface area contributed by atoms with Crippen molar-refractivity contribution in [3.8, 4) is 0 Å². The number of aliphatic hydroxyl groups excluding tert-OH is 2. The summed E-state index contributed by atoms with van der Waals surface area (Å²) in [7, 11) is 0. The lowest BCUT2D eigenvalue weighted by Gasteiger charge is -2.24. The van der Waals surface area contributed by atoms with E-state index in [9.17, 15) is 10.2 Å². The third-order valence-corrected chi connectivity index (χ3v) is 3.13. The van der Waals surface area contributed by atoms with Crippen molar-refractivity contribution in [2.45, 2.75) is 63.7 Å². The molecule has 2 fully saturated rings. The molecule has 2 heterocycles. The maximum Gasteiger partial charge on any atom is 0.164 e. The molecule has 0 bridgehead atoms. The molecule has 4 atom stereocenters. The van der Waals surface area contributed by atoms with Gasteiger partial charge in [-0.25, -0.2) is 0 Å². The third kappa shape index (κ3) is 2.68. The maximum atomic E-state index is 9.35. The van der Waals surface area contributed by atoms with Crippen LogP contribution in [0.3, 0.4) is 0 Å². The van der Waals surface area contributed by atoms with E-state index >= 15 is 0 Å². The number of hydrogen-bond donors (Lipinski definition) is 2. The largest absolute Gasteiger partial charge is 0.394 e. The highest BCUT2D eigenvalue weighted by Gasteiger charge is 2.53. The fraction of sp³-hybridized carbons (Fsp3) is 1.00. The smallest absolute Gasteiger partial charge is 0.164 e. The number of hydrogen-bond acceptors (Lipinski definition) is 6. The summed E-state index contributed by atoms with van der Waals surface area (Å²) in [6.07, 6.45) is -1.86. The minimum atomic E-state index is -0.770. The zero-order valence-corrected chi connectivity index (χ0v) is 11.3. The van der Waals surface area contributed by atoms with Gasteiger partial charge in [-0.3, -0.25) is 0 Å². The minimum absolute atomic E-state index is 0.160. The first-order chi connectivity index (χ1) is 8.28. The Labute approximate surface area is 107 Å². The highest BCUT2D eigenvalue weighted by atomic mass is 16.8.